The van der Waals surface area contributed by atoms with Crippen LogP contribution in [-0.2, 0) is 0 Å². The second-order valence-corrected chi connectivity index (χ2v) is 3.11. The predicted octanol–water partition coefficient (Wildman–Crippen LogP) is 2.49. The monoisotopic (exact) mass is 153 g/mol. The molecule has 0 amide bonds. The van der Waals surface area contributed by atoms with E-state index in [-0.39, 0.29) is 0 Å². The highest BCUT2D eigenvalue weighted by molar-refractivity contribution is 5.11. The van der Waals surface area contributed by atoms with Gasteiger partial charge in [0, 0.05) is 0 Å². The molecular weight excluding hydrogens is 134 g/mol. The van der Waals surface area contributed by atoms with Gasteiger partial charge >= 0.3 is 0 Å². The first-order valence-electron chi connectivity index (χ1n) is 4.20. The van der Waals surface area contributed by atoms with Crippen molar-refractivity contribution in [1.82, 2.24) is 0 Å². The Kier molecular flexibility index (Phi) is 5.86. The van der Waals surface area contributed by atoms with E-state index in [0.717, 1.165) is 18.5 Å². The lowest BCUT2D eigenvalue weighted by Gasteiger charge is -2.03. The van der Waals surface area contributed by atoms with Gasteiger partial charge in [0.15, 0.2) is 0 Å². The van der Waals surface area contributed by atoms with Gasteiger partial charge in [-0.2, -0.15) is 0 Å². The van der Waals surface area contributed by atoms with Crippen LogP contribution in [0.2, 0.25) is 0 Å². The Bertz CT molecular complexity index is 136. The zero-order valence-corrected chi connectivity index (χ0v) is 7.64. The Morgan fingerprint density at radius 1 is 1.64 bits per heavy atom. The van der Waals surface area contributed by atoms with Crippen molar-refractivity contribution in [2.75, 3.05) is 6.54 Å². The highest BCUT2D eigenvalue weighted by Crippen LogP contribution is 2.07. The first kappa shape index (κ1) is 10.4. The lowest BCUT2D eigenvalue weighted by atomic mass is 10.0. The fraction of sp³-hybridized carbons (Fsp3) is 0.600. The average molecular weight is 153 g/mol. The van der Waals surface area contributed by atoms with Crippen LogP contribution in [0.25, 0.3) is 0 Å². The molecule has 64 valence electrons. The Labute approximate surface area is 70.0 Å². The van der Waals surface area contributed by atoms with Crippen molar-refractivity contribution in [2.45, 2.75) is 26.7 Å². The Morgan fingerprint density at radius 3 is 2.73 bits per heavy atom. The summed E-state index contributed by atoms with van der Waals surface area (Å²) in [6, 6.07) is 0. The Hall–Kier alpha value is -0.560. The highest BCUT2D eigenvalue weighted by Gasteiger charge is 1.94. The van der Waals surface area contributed by atoms with Crippen LogP contribution in [0.1, 0.15) is 26.7 Å². The van der Waals surface area contributed by atoms with Crippen LogP contribution < -0.4 is 5.73 Å². The molecule has 1 atom stereocenters. The van der Waals surface area contributed by atoms with Crippen LogP contribution in [-0.4, -0.2) is 6.54 Å². The summed E-state index contributed by atoms with van der Waals surface area (Å²) in [5.74, 6) is 0.634. The normalized spacial score (nSPS) is 13.7. The summed E-state index contributed by atoms with van der Waals surface area (Å²) in [5, 5.41) is 0. The van der Waals surface area contributed by atoms with Gasteiger partial charge in [0.25, 0.3) is 0 Å². The van der Waals surface area contributed by atoms with Crippen molar-refractivity contribution >= 4 is 0 Å². The van der Waals surface area contributed by atoms with E-state index in [4.69, 9.17) is 5.73 Å². The van der Waals surface area contributed by atoms with E-state index in [0.29, 0.717) is 5.92 Å². The van der Waals surface area contributed by atoms with Gasteiger partial charge in [-0.05, 0) is 32.2 Å². The second-order valence-electron chi connectivity index (χ2n) is 3.11. The second kappa shape index (κ2) is 6.17. The number of nitrogens with two attached hydrogens (primary N) is 1. The molecule has 0 aliphatic carbocycles. The lowest BCUT2D eigenvalue weighted by molar-refractivity contribution is 0.613. The van der Waals surface area contributed by atoms with Crippen molar-refractivity contribution in [3.8, 4) is 0 Å². The minimum Gasteiger partial charge on any atom is -0.330 e. The third-order valence-corrected chi connectivity index (χ3v) is 1.57. The van der Waals surface area contributed by atoms with Gasteiger partial charge < -0.3 is 5.73 Å². The van der Waals surface area contributed by atoms with Crippen LogP contribution in [0.15, 0.2) is 24.3 Å². The van der Waals surface area contributed by atoms with Crippen molar-refractivity contribution in [1.29, 1.82) is 0 Å². The lowest BCUT2D eigenvalue weighted by Crippen LogP contribution is -2.00. The summed E-state index contributed by atoms with van der Waals surface area (Å²) < 4.78 is 0. The average Bonchev–Trinajstić information content (AvgIpc) is 1.97. The van der Waals surface area contributed by atoms with E-state index < -0.39 is 0 Å². The Balaban J connectivity index is 3.50. The van der Waals surface area contributed by atoms with Gasteiger partial charge in [-0.3, -0.25) is 0 Å². The van der Waals surface area contributed by atoms with Crippen LogP contribution in [0.5, 0.6) is 0 Å². The molecule has 0 bridgehead atoms. The van der Waals surface area contributed by atoms with Crippen LogP contribution in [0.3, 0.4) is 0 Å². The first-order chi connectivity index (χ1) is 5.16. The van der Waals surface area contributed by atoms with E-state index in [1.807, 2.05) is 6.92 Å². The molecule has 1 heteroatoms. The first-order valence-corrected chi connectivity index (χ1v) is 4.20. The SMILES string of the molecule is C=C(C)/C=C\C(C)CCCN. The summed E-state index contributed by atoms with van der Waals surface area (Å²) in [6.07, 6.45) is 6.56. The maximum Gasteiger partial charge on any atom is -0.00771 e. The topological polar surface area (TPSA) is 26.0 Å². The van der Waals surface area contributed by atoms with Gasteiger partial charge in [-0.1, -0.05) is 31.2 Å². The number of hydrogen-bond donors (Lipinski definition) is 1. The molecule has 0 fully saturated rings. The van der Waals surface area contributed by atoms with Crippen molar-refractivity contribution in [2.24, 2.45) is 11.7 Å². The summed E-state index contributed by atoms with van der Waals surface area (Å²) in [5.41, 5.74) is 6.51. The summed E-state index contributed by atoms with van der Waals surface area (Å²) in [6.45, 7) is 8.80. The third kappa shape index (κ3) is 7.34. The minimum absolute atomic E-state index is 0.634. The highest BCUT2D eigenvalue weighted by atomic mass is 14.5. The zero-order chi connectivity index (χ0) is 8.69. The fourth-order valence-corrected chi connectivity index (χ4v) is 0.865. The van der Waals surface area contributed by atoms with E-state index in [1.54, 1.807) is 0 Å². The molecule has 2 N–H and O–H groups in total. The molecule has 0 aromatic heterocycles. The van der Waals surface area contributed by atoms with Gasteiger partial charge in [0.05, 0.1) is 0 Å². The molecule has 0 aliphatic heterocycles. The molecule has 0 heterocycles. The smallest absolute Gasteiger partial charge is 0.00771 e. The standard InChI is InChI=1S/C10H19N/c1-9(2)6-7-10(3)5-4-8-11/h6-7,10H,1,4-5,8,11H2,2-3H3/b7-6-. The van der Waals surface area contributed by atoms with Crippen LogP contribution in [0.4, 0.5) is 0 Å². The maximum atomic E-state index is 5.39. The molecule has 0 radical (unpaired) electrons. The largest absolute Gasteiger partial charge is 0.330 e. The number of hydrogen-bond acceptors (Lipinski definition) is 1. The van der Waals surface area contributed by atoms with Crippen molar-refractivity contribution in [3.05, 3.63) is 24.3 Å². The summed E-state index contributed by atoms with van der Waals surface area (Å²) >= 11 is 0. The van der Waals surface area contributed by atoms with Crippen LogP contribution in [0, 0.1) is 5.92 Å². The molecule has 0 aromatic rings. The molecule has 11 heavy (non-hydrogen) atoms. The molecule has 0 saturated carbocycles. The maximum absolute atomic E-state index is 5.39. The van der Waals surface area contributed by atoms with Gasteiger partial charge in [-0.15, -0.1) is 0 Å². The van der Waals surface area contributed by atoms with Gasteiger partial charge in [0.2, 0.25) is 0 Å². The van der Waals surface area contributed by atoms with Gasteiger partial charge in [-0.25, -0.2) is 0 Å². The molecular formula is C10H19N. The summed E-state index contributed by atoms with van der Waals surface area (Å²) in [7, 11) is 0. The zero-order valence-electron chi connectivity index (χ0n) is 7.64. The molecule has 1 nitrogen and oxygen atoms in total. The number of allylic oxidation sites excluding steroid dienone is 3. The van der Waals surface area contributed by atoms with Crippen LogP contribution >= 0.6 is 0 Å². The minimum atomic E-state index is 0.634. The molecule has 0 spiro atoms. The molecule has 0 aliphatic rings. The van der Waals surface area contributed by atoms with Gasteiger partial charge in [0.1, 0.15) is 0 Å². The van der Waals surface area contributed by atoms with Crippen molar-refractivity contribution in [3.63, 3.8) is 0 Å². The van der Waals surface area contributed by atoms with Crippen molar-refractivity contribution < 1.29 is 0 Å². The molecule has 0 aromatic carbocycles. The molecule has 1 unspecified atom stereocenters. The van der Waals surface area contributed by atoms with E-state index in [2.05, 4.69) is 25.7 Å². The fourth-order valence-electron chi connectivity index (χ4n) is 0.865. The van der Waals surface area contributed by atoms with E-state index >= 15 is 0 Å². The molecule has 0 saturated heterocycles. The summed E-state index contributed by atoms with van der Waals surface area (Å²) in [4.78, 5) is 0. The Morgan fingerprint density at radius 2 is 2.27 bits per heavy atom. The van der Waals surface area contributed by atoms with E-state index in [9.17, 15) is 0 Å². The third-order valence-electron chi connectivity index (χ3n) is 1.57. The quantitative estimate of drug-likeness (QED) is 0.603. The van der Waals surface area contributed by atoms with E-state index in [1.165, 1.54) is 6.42 Å². The molecule has 0 rings (SSSR count). The number of rotatable bonds is 5. The predicted molar refractivity (Wildman–Crippen MR) is 51.4 cm³/mol.